The van der Waals surface area contributed by atoms with Crippen molar-refractivity contribution in [2.24, 2.45) is 0 Å². The smallest absolute Gasteiger partial charge is 0.171 e. The van der Waals surface area contributed by atoms with Gasteiger partial charge in [0, 0.05) is 22.5 Å². The summed E-state index contributed by atoms with van der Waals surface area (Å²) in [6.45, 7) is 4.30. The van der Waals surface area contributed by atoms with Crippen LogP contribution in [0, 0.1) is 5.82 Å². The minimum absolute atomic E-state index is 0.301. The Labute approximate surface area is 133 Å². The van der Waals surface area contributed by atoms with Gasteiger partial charge in [0.05, 0.1) is 5.69 Å². The molecule has 0 atom stereocenters. The highest BCUT2D eigenvalue weighted by Gasteiger charge is 2.15. The average Bonchev–Trinajstić information content (AvgIpc) is 2.95. The highest BCUT2D eigenvalue weighted by molar-refractivity contribution is 6.09. The van der Waals surface area contributed by atoms with Crippen LogP contribution in [0.15, 0.2) is 59.1 Å². The van der Waals surface area contributed by atoms with E-state index in [0.29, 0.717) is 17.1 Å². The lowest BCUT2D eigenvalue weighted by molar-refractivity contribution is 0.584. The van der Waals surface area contributed by atoms with Crippen LogP contribution in [-0.2, 0) is 0 Å². The van der Waals surface area contributed by atoms with Crippen molar-refractivity contribution in [3.05, 3.63) is 66.1 Å². The number of furan rings is 1. The molecule has 114 valence electrons. The number of nitrogens with zero attached hydrogens (tertiary/aromatic N) is 1. The maximum atomic E-state index is 14.0. The van der Waals surface area contributed by atoms with E-state index in [2.05, 4.69) is 24.9 Å². The van der Waals surface area contributed by atoms with Crippen molar-refractivity contribution in [3.8, 4) is 11.3 Å². The summed E-state index contributed by atoms with van der Waals surface area (Å²) >= 11 is 0. The molecule has 0 bridgehead atoms. The van der Waals surface area contributed by atoms with Crippen LogP contribution < -0.4 is 0 Å². The Kier molecular flexibility index (Phi) is 3.15. The van der Waals surface area contributed by atoms with E-state index in [1.54, 1.807) is 6.07 Å². The number of rotatable bonds is 2. The fourth-order valence-corrected chi connectivity index (χ4v) is 2.94. The summed E-state index contributed by atoms with van der Waals surface area (Å²) in [6.07, 6.45) is 1.81. The van der Waals surface area contributed by atoms with E-state index in [1.165, 1.54) is 11.6 Å². The first-order valence-electron chi connectivity index (χ1n) is 7.71. The predicted molar refractivity (Wildman–Crippen MR) is 91.0 cm³/mol. The van der Waals surface area contributed by atoms with Gasteiger partial charge >= 0.3 is 0 Å². The lowest BCUT2D eigenvalue weighted by Crippen LogP contribution is -1.90. The molecule has 0 radical (unpaired) electrons. The van der Waals surface area contributed by atoms with E-state index in [9.17, 15) is 4.39 Å². The van der Waals surface area contributed by atoms with Gasteiger partial charge < -0.3 is 4.42 Å². The Morgan fingerprint density at radius 3 is 2.48 bits per heavy atom. The molecule has 0 N–H and O–H groups in total. The van der Waals surface area contributed by atoms with Crippen LogP contribution in [0.25, 0.3) is 33.2 Å². The van der Waals surface area contributed by atoms with E-state index in [-0.39, 0.29) is 5.82 Å². The zero-order chi connectivity index (χ0) is 16.0. The van der Waals surface area contributed by atoms with Crippen molar-refractivity contribution in [2.75, 3.05) is 0 Å². The summed E-state index contributed by atoms with van der Waals surface area (Å²) in [4.78, 5) is 4.48. The molecule has 0 aliphatic rings. The number of hydrogen-bond acceptors (Lipinski definition) is 2. The van der Waals surface area contributed by atoms with Crippen LogP contribution in [0.2, 0.25) is 0 Å². The first-order chi connectivity index (χ1) is 11.1. The molecule has 4 rings (SSSR count). The molecule has 0 fully saturated rings. The molecule has 2 aromatic carbocycles. The van der Waals surface area contributed by atoms with Crippen LogP contribution in [0.4, 0.5) is 4.39 Å². The fourth-order valence-electron chi connectivity index (χ4n) is 2.94. The number of halogens is 1. The maximum absolute atomic E-state index is 14.0. The van der Waals surface area contributed by atoms with Crippen molar-refractivity contribution in [3.63, 3.8) is 0 Å². The zero-order valence-corrected chi connectivity index (χ0v) is 13.0. The minimum atomic E-state index is -0.339. The summed E-state index contributed by atoms with van der Waals surface area (Å²) < 4.78 is 19.9. The van der Waals surface area contributed by atoms with Gasteiger partial charge in [0.15, 0.2) is 11.4 Å². The SMILES string of the molecule is CC(C)c1ccnc(-c2cccc3c2oc2c(F)cccc23)c1. The monoisotopic (exact) mass is 305 g/mol. The molecule has 0 aliphatic heterocycles. The number of hydrogen-bond donors (Lipinski definition) is 0. The lowest BCUT2D eigenvalue weighted by atomic mass is 10.0. The quantitative estimate of drug-likeness (QED) is 0.460. The molecule has 0 aliphatic carbocycles. The third-order valence-electron chi connectivity index (χ3n) is 4.20. The van der Waals surface area contributed by atoms with Gasteiger partial charge in [-0.05, 0) is 35.7 Å². The lowest BCUT2D eigenvalue weighted by Gasteiger charge is -2.07. The first kappa shape index (κ1) is 13.9. The van der Waals surface area contributed by atoms with E-state index >= 15 is 0 Å². The molecule has 0 saturated heterocycles. The highest BCUT2D eigenvalue weighted by atomic mass is 19.1. The molecule has 0 spiro atoms. The highest BCUT2D eigenvalue weighted by Crippen LogP contribution is 2.36. The Hall–Kier alpha value is -2.68. The van der Waals surface area contributed by atoms with Crippen molar-refractivity contribution in [2.45, 2.75) is 19.8 Å². The largest absolute Gasteiger partial charge is 0.452 e. The molecule has 0 amide bonds. The molecular formula is C20H16FNO. The van der Waals surface area contributed by atoms with Crippen molar-refractivity contribution < 1.29 is 8.81 Å². The van der Waals surface area contributed by atoms with Crippen molar-refractivity contribution >= 4 is 21.9 Å². The molecular weight excluding hydrogens is 289 g/mol. The number of aromatic nitrogens is 1. The summed E-state index contributed by atoms with van der Waals surface area (Å²) in [6, 6.07) is 15.0. The molecule has 4 aromatic rings. The summed E-state index contributed by atoms with van der Waals surface area (Å²) in [5, 5.41) is 1.70. The predicted octanol–water partition coefficient (Wildman–Crippen LogP) is 5.91. The number of fused-ring (bicyclic) bond motifs is 3. The molecule has 2 heterocycles. The maximum Gasteiger partial charge on any atom is 0.171 e. The van der Waals surface area contributed by atoms with Gasteiger partial charge in [0.2, 0.25) is 0 Å². The van der Waals surface area contributed by atoms with Crippen LogP contribution in [0.1, 0.15) is 25.3 Å². The normalized spacial score (nSPS) is 11.7. The Balaban J connectivity index is 2.03. The summed E-state index contributed by atoms with van der Waals surface area (Å²) in [5.41, 5.74) is 3.94. The molecule has 0 unspecified atom stereocenters. The fraction of sp³-hybridized carbons (Fsp3) is 0.150. The molecule has 0 saturated carbocycles. The van der Waals surface area contributed by atoms with Gasteiger partial charge in [0.1, 0.15) is 5.58 Å². The van der Waals surface area contributed by atoms with Gasteiger partial charge in [-0.3, -0.25) is 4.98 Å². The van der Waals surface area contributed by atoms with Crippen molar-refractivity contribution in [1.82, 2.24) is 4.98 Å². The summed E-state index contributed by atoms with van der Waals surface area (Å²) in [7, 11) is 0. The van der Waals surface area contributed by atoms with Crippen LogP contribution in [0.5, 0.6) is 0 Å². The van der Waals surface area contributed by atoms with Gasteiger partial charge in [-0.15, -0.1) is 0 Å². The second-order valence-electron chi connectivity index (χ2n) is 6.03. The van der Waals surface area contributed by atoms with Gasteiger partial charge in [-0.25, -0.2) is 4.39 Å². The Bertz CT molecular complexity index is 1020. The average molecular weight is 305 g/mol. The second kappa shape index (κ2) is 5.20. The van der Waals surface area contributed by atoms with Gasteiger partial charge in [-0.2, -0.15) is 0 Å². The second-order valence-corrected chi connectivity index (χ2v) is 6.03. The minimum Gasteiger partial charge on any atom is -0.452 e. The number of para-hydroxylation sites is 2. The van der Waals surface area contributed by atoms with E-state index < -0.39 is 0 Å². The first-order valence-corrected chi connectivity index (χ1v) is 7.71. The van der Waals surface area contributed by atoms with Crippen LogP contribution in [-0.4, -0.2) is 4.98 Å². The molecule has 2 aromatic heterocycles. The number of pyridine rings is 1. The van der Waals surface area contributed by atoms with E-state index in [4.69, 9.17) is 4.42 Å². The van der Waals surface area contributed by atoms with Gasteiger partial charge in [0.25, 0.3) is 0 Å². The Morgan fingerprint density at radius 1 is 0.957 bits per heavy atom. The standard InChI is InChI=1S/C20H16FNO/c1-12(2)13-9-10-22-18(11-13)16-7-3-5-14-15-6-4-8-17(21)20(15)23-19(14)16/h3-12H,1-2H3. The Morgan fingerprint density at radius 2 is 1.70 bits per heavy atom. The summed E-state index contributed by atoms with van der Waals surface area (Å²) in [5.74, 6) is 0.0811. The van der Waals surface area contributed by atoms with Crippen LogP contribution >= 0.6 is 0 Å². The third kappa shape index (κ3) is 2.20. The topological polar surface area (TPSA) is 26.0 Å². The van der Waals surface area contributed by atoms with Crippen LogP contribution in [0.3, 0.4) is 0 Å². The van der Waals surface area contributed by atoms with E-state index in [0.717, 1.165) is 22.0 Å². The third-order valence-corrected chi connectivity index (χ3v) is 4.20. The van der Waals surface area contributed by atoms with Gasteiger partial charge in [-0.1, -0.05) is 38.1 Å². The molecule has 23 heavy (non-hydrogen) atoms. The molecule has 2 nitrogen and oxygen atoms in total. The molecule has 3 heteroatoms. The number of benzene rings is 2. The van der Waals surface area contributed by atoms with Crippen molar-refractivity contribution in [1.29, 1.82) is 0 Å². The zero-order valence-electron chi connectivity index (χ0n) is 13.0. The van der Waals surface area contributed by atoms with E-state index in [1.807, 2.05) is 36.5 Å².